The predicted octanol–water partition coefficient (Wildman–Crippen LogP) is 4.66. The van der Waals surface area contributed by atoms with Crippen LogP contribution in [0.4, 0.5) is 0 Å². The minimum atomic E-state index is -0.233. The van der Waals surface area contributed by atoms with Gasteiger partial charge in [0.15, 0.2) is 6.23 Å². The van der Waals surface area contributed by atoms with Gasteiger partial charge in [0.1, 0.15) is 17.5 Å². The van der Waals surface area contributed by atoms with E-state index in [4.69, 9.17) is 24.0 Å². The van der Waals surface area contributed by atoms with Crippen LogP contribution < -0.4 is 4.74 Å². The van der Waals surface area contributed by atoms with E-state index in [0.29, 0.717) is 37.8 Å². The molecule has 1 aliphatic heterocycles. The van der Waals surface area contributed by atoms with Crippen LogP contribution in [-0.2, 0) is 14.2 Å². The van der Waals surface area contributed by atoms with Crippen molar-refractivity contribution in [2.45, 2.75) is 58.0 Å². The predicted molar refractivity (Wildman–Crippen MR) is 132 cm³/mol. The fraction of sp³-hybridized carbons (Fsp3) is 0.500. The molecule has 0 spiro atoms. The number of rotatable bonds is 12. The molecule has 0 aliphatic carbocycles. The molecule has 1 saturated heterocycles. The number of aromatic nitrogens is 4. The summed E-state index contributed by atoms with van der Waals surface area (Å²) in [7, 11) is 0. The maximum absolute atomic E-state index is 10.1. The van der Waals surface area contributed by atoms with Crippen molar-refractivity contribution in [2.75, 3.05) is 26.4 Å². The molecule has 1 fully saturated rings. The summed E-state index contributed by atoms with van der Waals surface area (Å²) in [5, 5.41) is 15.8. The molecule has 1 unspecified atom stereocenters. The fourth-order valence-electron chi connectivity index (χ4n) is 4.01. The monoisotopic (exact) mass is 482 g/mol. The number of phenols is 1. The van der Waals surface area contributed by atoms with Gasteiger partial charge < -0.3 is 24.1 Å². The molecule has 3 heterocycles. The van der Waals surface area contributed by atoms with Crippen LogP contribution in [0.2, 0.25) is 0 Å². The van der Waals surface area contributed by atoms with E-state index in [9.17, 15) is 5.11 Å². The number of phenolic OH excluding ortho intramolecular Hbond substituents is 1. The molecule has 0 bridgehead atoms. The summed E-state index contributed by atoms with van der Waals surface area (Å²) in [5.41, 5.74) is 2.15. The van der Waals surface area contributed by atoms with Crippen LogP contribution in [0.5, 0.6) is 11.8 Å². The number of nitrogens with zero attached hydrogens (tertiary/aromatic N) is 4. The number of hydrogen-bond donors (Lipinski definition) is 1. The van der Waals surface area contributed by atoms with Crippen LogP contribution in [0.1, 0.15) is 45.8 Å². The summed E-state index contributed by atoms with van der Waals surface area (Å²) in [6.45, 7) is 9.81. The number of aromatic hydroxyl groups is 1. The highest BCUT2D eigenvalue weighted by molar-refractivity contribution is 5.93. The van der Waals surface area contributed by atoms with E-state index in [0.717, 1.165) is 36.6 Å². The Labute approximate surface area is 205 Å². The highest BCUT2D eigenvalue weighted by Gasteiger charge is 2.23. The van der Waals surface area contributed by atoms with E-state index in [1.165, 1.54) is 0 Å². The van der Waals surface area contributed by atoms with Crippen LogP contribution in [0.25, 0.3) is 22.3 Å². The van der Waals surface area contributed by atoms with Gasteiger partial charge in [-0.2, -0.15) is 10.1 Å². The zero-order chi connectivity index (χ0) is 24.6. The Balaban J connectivity index is 1.44. The van der Waals surface area contributed by atoms with Gasteiger partial charge in [-0.25, -0.2) is 9.67 Å². The summed E-state index contributed by atoms with van der Waals surface area (Å²) in [6.07, 6.45) is 6.96. The van der Waals surface area contributed by atoms with E-state index >= 15 is 0 Å². The van der Waals surface area contributed by atoms with Gasteiger partial charge in [-0.15, -0.1) is 6.58 Å². The van der Waals surface area contributed by atoms with Crippen LogP contribution in [0, 0.1) is 0 Å². The molecule has 1 N–H and O–H groups in total. The number of ether oxygens (including phenoxy) is 4. The minimum absolute atomic E-state index is 0.109. The largest absolute Gasteiger partial charge is 0.508 e. The first-order valence-electron chi connectivity index (χ1n) is 12.2. The van der Waals surface area contributed by atoms with Gasteiger partial charge in [0, 0.05) is 24.8 Å². The van der Waals surface area contributed by atoms with Gasteiger partial charge in [-0.3, -0.25) is 0 Å². The summed E-state index contributed by atoms with van der Waals surface area (Å²) < 4.78 is 25.0. The van der Waals surface area contributed by atoms with Crippen molar-refractivity contribution < 1.29 is 24.1 Å². The molecule has 0 radical (unpaired) electrons. The molecule has 3 atom stereocenters. The quantitative estimate of drug-likeness (QED) is 0.294. The Bertz CT molecular complexity index is 1110. The lowest BCUT2D eigenvalue weighted by Gasteiger charge is -2.23. The first-order valence-corrected chi connectivity index (χ1v) is 12.2. The Hall–Kier alpha value is -3.01. The van der Waals surface area contributed by atoms with Crippen LogP contribution in [0.15, 0.2) is 43.1 Å². The summed E-state index contributed by atoms with van der Waals surface area (Å²) in [5.74, 6) is 0.170. The summed E-state index contributed by atoms with van der Waals surface area (Å²) in [4.78, 5) is 8.86. The second-order valence-electron chi connectivity index (χ2n) is 8.76. The molecule has 1 aliphatic rings. The normalized spacial score (nSPS) is 17.8. The Morgan fingerprint density at radius 1 is 1.26 bits per heavy atom. The average Bonchev–Trinajstić information content (AvgIpc) is 3.24. The summed E-state index contributed by atoms with van der Waals surface area (Å²) >= 11 is 0. The van der Waals surface area contributed by atoms with Crippen molar-refractivity contribution in [3.63, 3.8) is 0 Å². The number of benzene rings is 1. The first kappa shape index (κ1) is 25.1. The molecule has 9 nitrogen and oxygen atoms in total. The molecular formula is C26H34N4O5. The average molecular weight is 483 g/mol. The number of hydrogen-bond acceptors (Lipinski definition) is 8. The maximum Gasteiger partial charge on any atom is 0.317 e. The Morgan fingerprint density at radius 2 is 2.14 bits per heavy atom. The van der Waals surface area contributed by atoms with Gasteiger partial charge in [-0.1, -0.05) is 6.08 Å². The van der Waals surface area contributed by atoms with E-state index in [-0.39, 0.29) is 30.2 Å². The van der Waals surface area contributed by atoms with E-state index < -0.39 is 0 Å². The highest BCUT2D eigenvalue weighted by Crippen LogP contribution is 2.34. The second-order valence-corrected chi connectivity index (χ2v) is 8.76. The molecule has 188 valence electrons. The smallest absolute Gasteiger partial charge is 0.317 e. The standard InChI is InChI=1S/C26H34N4O5/c1-4-13-33-18(2)11-15-32-17-19(3)35-26-27-12-10-22(28-26)25-21-16-20(31)8-9-23(21)30(29-25)24-7-5-6-14-34-24/h4,8-10,12,16,18-19,24,31H,1,5-7,11,13-15,17H2,2-3H3/t18-,19+,24?/m1/s1. The molecule has 3 aromatic rings. The van der Waals surface area contributed by atoms with Crippen molar-refractivity contribution in [2.24, 2.45) is 0 Å². The highest BCUT2D eigenvalue weighted by atomic mass is 16.5. The molecule has 35 heavy (non-hydrogen) atoms. The molecule has 0 saturated carbocycles. The lowest BCUT2D eigenvalue weighted by atomic mass is 10.1. The molecule has 1 aromatic carbocycles. The summed E-state index contributed by atoms with van der Waals surface area (Å²) in [6, 6.07) is 7.26. The molecule has 2 aromatic heterocycles. The SMILES string of the molecule is C=CCO[C@H](C)CCOC[C@H](C)Oc1nccc(-c2nn(C3CCCCO3)c3ccc(O)cc23)n1. The van der Waals surface area contributed by atoms with E-state index in [2.05, 4.69) is 16.5 Å². The Morgan fingerprint density at radius 3 is 2.94 bits per heavy atom. The van der Waals surface area contributed by atoms with Gasteiger partial charge in [0.05, 0.1) is 30.5 Å². The van der Waals surface area contributed by atoms with Gasteiger partial charge >= 0.3 is 6.01 Å². The molecule has 9 heteroatoms. The van der Waals surface area contributed by atoms with Crippen LogP contribution in [0.3, 0.4) is 0 Å². The van der Waals surface area contributed by atoms with Gasteiger partial charge in [0.25, 0.3) is 0 Å². The maximum atomic E-state index is 10.1. The minimum Gasteiger partial charge on any atom is -0.508 e. The van der Waals surface area contributed by atoms with Crippen molar-refractivity contribution in [1.82, 2.24) is 19.7 Å². The zero-order valence-electron chi connectivity index (χ0n) is 20.4. The third-order valence-electron chi connectivity index (χ3n) is 5.82. The lowest BCUT2D eigenvalue weighted by Crippen LogP contribution is -2.22. The third-order valence-corrected chi connectivity index (χ3v) is 5.82. The van der Waals surface area contributed by atoms with Gasteiger partial charge in [-0.05, 0) is 63.8 Å². The third kappa shape index (κ3) is 6.56. The lowest BCUT2D eigenvalue weighted by molar-refractivity contribution is -0.0365. The van der Waals surface area contributed by atoms with Crippen molar-refractivity contribution in [1.29, 1.82) is 0 Å². The Kier molecular flexibility index (Phi) is 8.68. The second kappa shape index (κ2) is 12.1. The zero-order valence-corrected chi connectivity index (χ0v) is 20.4. The fourth-order valence-corrected chi connectivity index (χ4v) is 4.01. The van der Waals surface area contributed by atoms with Crippen molar-refractivity contribution in [3.8, 4) is 23.1 Å². The number of fused-ring (bicyclic) bond motifs is 1. The molecular weight excluding hydrogens is 448 g/mol. The molecule has 0 amide bonds. The molecule has 4 rings (SSSR count). The van der Waals surface area contributed by atoms with Crippen LogP contribution >= 0.6 is 0 Å². The van der Waals surface area contributed by atoms with E-state index in [1.54, 1.807) is 30.5 Å². The van der Waals surface area contributed by atoms with E-state index in [1.807, 2.05) is 24.6 Å². The van der Waals surface area contributed by atoms with Crippen molar-refractivity contribution in [3.05, 3.63) is 43.1 Å². The van der Waals surface area contributed by atoms with Crippen molar-refractivity contribution >= 4 is 10.9 Å². The topological polar surface area (TPSA) is 101 Å². The first-order chi connectivity index (χ1) is 17.0. The van der Waals surface area contributed by atoms with Crippen LogP contribution in [-0.4, -0.2) is 63.5 Å². The van der Waals surface area contributed by atoms with Gasteiger partial charge in [0.2, 0.25) is 0 Å².